The molecule has 2 saturated heterocycles. The third-order valence-electron chi connectivity index (χ3n) is 8.43. The van der Waals surface area contributed by atoms with Crippen molar-refractivity contribution in [2.45, 2.75) is 37.5 Å². The van der Waals surface area contributed by atoms with Gasteiger partial charge in [0, 0.05) is 75.4 Å². The number of hydrogen-bond donors (Lipinski definition) is 3. The Morgan fingerprint density at radius 1 is 1.02 bits per heavy atom. The van der Waals surface area contributed by atoms with Gasteiger partial charge in [0.15, 0.2) is 0 Å². The highest BCUT2D eigenvalue weighted by Crippen LogP contribution is 2.42. The van der Waals surface area contributed by atoms with E-state index in [4.69, 9.17) is 0 Å². The van der Waals surface area contributed by atoms with Crippen molar-refractivity contribution in [1.29, 1.82) is 0 Å². The molecule has 10 nitrogen and oxygen atoms in total. The van der Waals surface area contributed by atoms with Crippen molar-refractivity contribution in [3.63, 3.8) is 0 Å². The number of benzene rings is 1. The Bertz CT molecular complexity index is 1510. The number of piperazine rings is 2. The zero-order chi connectivity index (χ0) is 31.9. The number of aromatic nitrogens is 1. The summed E-state index contributed by atoms with van der Waals surface area (Å²) in [4.78, 5) is 48.6. The molecule has 15 heteroatoms. The number of carbonyl (C=O) groups excluding carboxylic acids is 2. The number of rotatable bonds is 5. The molecule has 0 spiro atoms. The summed E-state index contributed by atoms with van der Waals surface area (Å²) in [6, 6.07) is 3.15. The number of anilines is 2. The van der Waals surface area contributed by atoms with E-state index in [1.807, 2.05) is 32.8 Å². The molecule has 0 bridgehead atoms. The second-order valence-corrected chi connectivity index (χ2v) is 12.7. The highest BCUT2D eigenvalue weighted by Gasteiger charge is 2.37. The Hall–Kier alpha value is -3.56. The van der Waals surface area contributed by atoms with Crippen LogP contribution in [-0.4, -0.2) is 96.9 Å². The molecule has 0 aliphatic carbocycles. The minimum Gasteiger partial charge on any atom is -0.374 e. The molecule has 3 aliphatic rings. The predicted octanol–water partition coefficient (Wildman–Crippen LogP) is 3.26. The van der Waals surface area contributed by atoms with Crippen molar-refractivity contribution in [1.82, 2.24) is 25.0 Å². The van der Waals surface area contributed by atoms with Crippen LogP contribution in [0.15, 0.2) is 40.3 Å². The molecule has 4 heterocycles. The number of likely N-dealkylation sites (N-methyl/N-ethyl adjacent to an activating group) is 2. The first-order chi connectivity index (χ1) is 20.7. The van der Waals surface area contributed by atoms with Gasteiger partial charge in [0.25, 0.3) is 11.8 Å². The highest BCUT2D eigenvalue weighted by molar-refractivity contribution is 8.04. The fraction of sp³-hybridized carbons (Fsp3) is 0.483. The average molecular weight is 638 g/mol. The lowest BCUT2D eigenvalue weighted by Crippen LogP contribution is -2.55. The zero-order valence-electron chi connectivity index (χ0n) is 24.8. The Balaban J connectivity index is 1.47. The summed E-state index contributed by atoms with van der Waals surface area (Å²) in [7, 11) is 3.96. The summed E-state index contributed by atoms with van der Waals surface area (Å²) in [6.45, 7) is 7.61. The van der Waals surface area contributed by atoms with Crippen LogP contribution < -0.4 is 21.1 Å². The molecule has 0 saturated carbocycles. The van der Waals surface area contributed by atoms with Crippen LogP contribution in [0.25, 0.3) is 0 Å². The van der Waals surface area contributed by atoms with Gasteiger partial charge in [0.1, 0.15) is 11.2 Å². The first-order valence-electron chi connectivity index (χ1n) is 14.2. The molecule has 2 aromatic rings. The quantitative estimate of drug-likeness (QED) is 0.430. The maximum atomic E-state index is 15.8. The van der Waals surface area contributed by atoms with E-state index < -0.39 is 40.0 Å². The summed E-state index contributed by atoms with van der Waals surface area (Å²) in [5.74, 6) is -1.87. The number of amides is 2. The molecule has 44 heavy (non-hydrogen) atoms. The van der Waals surface area contributed by atoms with E-state index in [-0.39, 0.29) is 29.2 Å². The predicted molar refractivity (Wildman–Crippen MR) is 161 cm³/mol. The van der Waals surface area contributed by atoms with Gasteiger partial charge in [-0.05, 0) is 40.1 Å². The zero-order valence-corrected chi connectivity index (χ0v) is 25.6. The lowest BCUT2D eigenvalue weighted by molar-refractivity contribution is -0.138. The maximum Gasteiger partial charge on any atom is 0.417 e. The number of nitrogens with one attached hydrogen (secondary N) is 3. The molecule has 1 unspecified atom stereocenters. The fourth-order valence-corrected chi connectivity index (χ4v) is 6.67. The summed E-state index contributed by atoms with van der Waals surface area (Å²) in [5, 5.41) is 4.89. The number of alkyl halides is 3. The third kappa shape index (κ3) is 6.59. The largest absolute Gasteiger partial charge is 0.417 e. The number of thioether (sulfide) groups is 1. The monoisotopic (exact) mass is 637 g/mol. The van der Waals surface area contributed by atoms with Crippen LogP contribution in [-0.2, 0) is 11.0 Å². The van der Waals surface area contributed by atoms with Crippen LogP contribution in [0.4, 0.5) is 28.9 Å². The summed E-state index contributed by atoms with van der Waals surface area (Å²) >= 11 is 1.14. The molecule has 238 valence electrons. The van der Waals surface area contributed by atoms with Crippen molar-refractivity contribution in [3.8, 4) is 0 Å². The minimum atomic E-state index is -4.96. The van der Waals surface area contributed by atoms with Crippen LogP contribution >= 0.6 is 11.8 Å². The molecule has 3 atom stereocenters. The van der Waals surface area contributed by atoms with Gasteiger partial charge in [-0.15, -0.1) is 0 Å². The SMILES string of the molecule is C[C@@H]1CN(c2cc(F)c(C3NC=C(C(=O)N4CCN(C)CC4)S3)cc2NC(=O)c2c[nH]c(=O)cc2C(F)(F)F)C[C@H](C)N1C. The van der Waals surface area contributed by atoms with Crippen molar-refractivity contribution < 1.29 is 27.2 Å². The second-order valence-electron chi connectivity index (χ2n) is 11.5. The minimum absolute atomic E-state index is 0.0699. The fourth-order valence-electron chi connectivity index (χ4n) is 5.60. The van der Waals surface area contributed by atoms with Gasteiger partial charge in [0.2, 0.25) is 5.56 Å². The van der Waals surface area contributed by atoms with Gasteiger partial charge in [-0.2, -0.15) is 13.2 Å². The number of aromatic amines is 1. The topological polar surface area (TPSA) is 104 Å². The van der Waals surface area contributed by atoms with Crippen LogP contribution in [0, 0.1) is 5.82 Å². The van der Waals surface area contributed by atoms with Crippen molar-refractivity contribution in [3.05, 3.63) is 68.4 Å². The second kappa shape index (κ2) is 12.4. The molecular formula is C29H35F4N7O3S. The van der Waals surface area contributed by atoms with Crippen LogP contribution in [0.5, 0.6) is 0 Å². The van der Waals surface area contributed by atoms with Crippen LogP contribution in [0.2, 0.25) is 0 Å². The summed E-state index contributed by atoms with van der Waals surface area (Å²) in [5.41, 5.74) is -2.61. The first kappa shape index (κ1) is 31.9. The van der Waals surface area contributed by atoms with E-state index in [0.29, 0.717) is 42.8 Å². The number of nitrogens with zero attached hydrogens (tertiary/aromatic N) is 4. The van der Waals surface area contributed by atoms with E-state index in [1.54, 1.807) is 11.1 Å². The number of hydrogen-bond acceptors (Lipinski definition) is 8. The lowest BCUT2D eigenvalue weighted by atomic mass is 10.0. The summed E-state index contributed by atoms with van der Waals surface area (Å²) in [6.07, 6.45) is -2.69. The van der Waals surface area contributed by atoms with Gasteiger partial charge in [-0.25, -0.2) is 4.39 Å². The molecule has 5 rings (SSSR count). The highest BCUT2D eigenvalue weighted by atomic mass is 32.2. The van der Waals surface area contributed by atoms with Crippen LogP contribution in [0.3, 0.4) is 0 Å². The Kier molecular flexibility index (Phi) is 9.01. The van der Waals surface area contributed by atoms with E-state index in [1.165, 1.54) is 12.1 Å². The summed E-state index contributed by atoms with van der Waals surface area (Å²) < 4.78 is 57.1. The first-order valence-corrected chi connectivity index (χ1v) is 15.1. The van der Waals surface area contributed by atoms with Crippen molar-refractivity contribution >= 4 is 35.0 Å². The molecule has 2 fully saturated rings. The molecule has 3 N–H and O–H groups in total. The van der Waals surface area contributed by atoms with Gasteiger partial charge in [-0.3, -0.25) is 19.3 Å². The van der Waals surface area contributed by atoms with Gasteiger partial charge in [0.05, 0.1) is 27.4 Å². The van der Waals surface area contributed by atoms with E-state index in [9.17, 15) is 27.6 Å². The Labute approximate surface area is 256 Å². The molecule has 1 aromatic carbocycles. The Morgan fingerprint density at radius 3 is 2.32 bits per heavy atom. The van der Waals surface area contributed by atoms with E-state index >= 15 is 4.39 Å². The van der Waals surface area contributed by atoms with Gasteiger partial charge in [-0.1, -0.05) is 11.8 Å². The molecule has 2 amide bonds. The molecule has 1 aromatic heterocycles. The molecule has 0 radical (unpaired) electrons. The molecular weight excluding hydrogens is 602 g/mol. The number of H-pyrrole nitrogens is 1. The maximum absolute atomic E-state index is 15.8. The normalized spacial score (nSPS) is 23.4. The standard InChI is InChI=1S/C29H35F4N7O3S/c1-16-14-40(15-17(2)38(16)4)23-11-21(30)18(27-35-13-24(44-27)28(43)39-7-5-37(3)6-8-39)9-22(23)36-26(42)19-12-34-25(41)10-20(19)29(31,32)33/h9-13,16-17,27,35H,5-8,14-15H2,1-4H3,(H,34,41)(H,36,42)/t16-,17+,27?. The van der Waals surface area contributed by atoms with Crippen LogP contribution in [0.1, 0.15) is 40.7 Å². The number of pyridine rings is 1. The number of halogens is 4. The van der Waals surface area contributed by atoms with Gasteiger partial charge >= 0.3 is 6.18 Å². The van der Waals surface area contributed by atoms with E-state index in [2.05, 4.69) is 25.4 Å². The lowest BCUT2D eigenvalue weighted by Gasteiger charge is -2.44. The van der Waals surface area contributed by atoms with Gasteiger partial charge < -0.3 is 30.3 Å². The smallest absolute Gasteiger partial charge is 0.374 e. The number of carbonyl (C=O) groups is 2. The van der Waals surface area contributed by atoms with Crippen molar-refractivity contribution in [2.75, 3.05) is 63.6 Å². The van der Waals surface area contributed by atoms with E-state index in [0.717, 1.165) is 31.0 Å². The average Bonchev–Trinajstić information content (AvgIpc) is 3.46. The Morgan fingerprint density at radius 2 is 1.68 bits per heavy atom. The third-order valence-corrected chi connectivity index (χ3v) is 9.60. The molecule has 3 aliphatic heterocycles. The van der Waals surface area contributed by atoms with Crippen molar-refractivity contribution in [2.24, 2.45) is 0 Å².